The van der Waals surface area contributed by atoms with Crippen LogP contribution in [-0.2, 0) is 4.74 Å². The number of hydrogen-bond donors (Lipinski definition) is 1. The standard InChI is InChI=1S/C15H19BrN2O4/c1-15(2,3)22-14(19)17-9-5-4-6-11-7-8-12(16)10-13(11)18(20)21/h4,6-8,10H,5,9H2,1-3H3,(H,17,19). The third-order valence-corrected chi connectivity index (χ3v) is 2.96. The minimum absolute atomic E-state index is 0.0331. The molecule has 0 saturated carbocycles. The molecule has 6 nitrogen and oxygen atoms in total. The first-order chi connectivity index (χ1) is 10.2. The molecule has 22 heavy (non-hydrogen) atoms. The highest BCUT2D eigenvalue weighted by atomic mass is 79.9. The molecular weight excluding hydrogens is 352 g/mol. The van der Waals surface area contributed by atoms with E-state index in [1.165, 1.54) is 6.07 Å². The van der Waals surface area contributed by atoms with Crippen LogP contribution < -0.4 is 5.32 Å². The van der Waals surface area contributed by atoms with E-state index >= 15 is 0 Å². The maximum absolute atomic E-state index is 11.4. The van der Waals surface area contributed by atoms with Gasteiger partial charge in [0.15, 0.2) is 0 Å². The zero-order valence-corrected chi connectivity index (χ0v) is 14.3. The molecule has 0 spiro atoms. The largest absolute Gasteiger partial charge is 0.444 e. The lowest BCUT2D eigenvalue weighted by Crippen LogP contribution is -2.32. The number of nitrogens with zero attached hydrogens (tertiary/aromatic N) is 1. The summed E-state index contributed by atoms with van der Waals surface area (Å²) in [5.74, 6) is 0. The molecule has 120 valence electrons. The molecule has 1 aromatic rings. The number of hydrogen-bond acceptors (Lipinski definition) is 4. The second-order valence-corrected chi connectivity index (χ2v) is 6.50. The molecule has 0 aliphatic heterocycles. The predicted octanol–water partition coefficient (Wildman–Crippen LogP) is 4.29. The Morgan fingerprint density at radius 3 is 2.73 bits per heavy atom. The molecule has 0 bridgehead atoms. The lowest BCUT2D eigenvalue weighted by atomic mass is 10.1. The van der Waals surface area contributed by atoms with Crippen molar-refractivity contribution in [3.05, 3.63) is 44.4 Å². The van der Waals surface area contributed by atoms with Crippen LogP contribution in [0.4, 0.5) is 10.5 Å². The van der Waals surface area contributed by atoms with Crippen LogP contribution in [0.5, 0.6) is 0 Å². The maximum atomic E-state index is 11.4. The molecule has 0 saturated heterocycles. The van der Waals surface area contributed by atoms with Crippen molar-refractivity contribution < 1.29 is 14.5 Å². The van der Waals surface area contributed by atoms with Crippen molar-refractivity contribution in [2.75, 3.05) is 6.54 Å². The molecule has 0 atom stereocenters. The number of benzene rings is 1. The van der Waals surface area contributed by atoms with E-state index in [0.717, 1.165) is 0 Å². The maximum Gasteiger partial charge on any atom is 0.407 e. The van der Waals surface area contributed by atoms with Crippen molar-refractivity contribution in [1.29, 1.82) is 0 Å². The van der Waals surface area contributed by atoms with Crippen LogP contribution in [0.3, 0.4) is 0 Å². The Morgan fingerprint density at radius 2 is 2.14 bits per heavy atom. The number of nitrogens with one attached hydrogen (secondary N) is 1. The molecule has 0 aliphatic rings. The summed E-state index contributed by atoms with van der Waals surface area (Å²) in [6.07, 6.45) is 3.51. The molecule has 1 amide bonds. The second kappa shape index (κ2) is 7.93. The number of nitro benzene ring substituents is 1. The average Bonchev–Trinajstić information content (AvgIpc) is 2.37. The molecule has 1 rings (SSSR count). The van der Waals surface area contributed by atoms with E-state index in [9.17, 15) is 14.9 Å². The van der Waals surface area contributed by atoms with E-state index < -0.39 is 16.6 Å². The highest BCUT2D eigenvalue weighted by Crippen LogP contribution is 2.24. The van der Waals surface area contributed by atoms with Gasteiger partial charge >= 0.3 is 6.09 Å². The Kier molecular flexibility index (Phi) is 6.55. The highest BCUT2D eigenvalue weighted by Gasteiger charge is 2.15. The fourth-order valence-electron chi connectivity index (χ4n) is 1.60. The monoisotopic (exact) mass is 370 g/mol. The van der Waals surface area contributed by atoms with Crippen molar-refractivity contribution in [2.45, 2.75) is 32.8 Å². The van der Waals surface area contributed by atoms with Gasteiger partial charge in [-0.15, -0.1) is 0 Å². The minimum atomic E-state index is -0.530. The van der Waals surface area contributed by atoms with Gasteiger partial charge in [-0.2, -0.15) is 0 Å². The lowest BCUT2D eigenvalue weighted by molar-refractivity contribution is -0.385. The molecule has 0 radical (unpaired) electrons. The Balaban J connectivity index is 2.50. The SMILES string of the molecule is CC(C)(C)OC(=O)NCCC=Cc1ccc(Br)cc1[N+](=O)[O-]. The summed E-state index contributed by atoms with van der Waals surface area (Å²) >= 11 is 3.21. The highest BCUT2D eigenvalue weighted by molar-refractivity contribution is 9.10. The molecule has 1 aromatic carbocycles. The third kappa shape index (κ3) is 6.71. The topological polar surface area (TPSA) is 81.5 Å². The van der Waals surface area contributed by atoms with Gasteiger partial charge in [-0.3, -0.25) is 10.1 Å². The van der Waals surface area contributed by atoms with Crippen molar-refractivity contribution >= 4 is 33.8 Å². The van der Waals surface area contributed by atoms with E-state index in [2.05, 4.69) is 21.2 Å². The minimum Gasteiger partial charge on any atom is -0.444 e. The molecule has 0 aromatic heterocycles. The molecule has 0 fully saturated rings. The van der Waals surface area contributed by atoms with E-state index in [-0.39, 0.29) is 5.69 Å². The van der Waals surface area contributed by atoms with Crippen LogP contribution in [0.1, 0.15) is 32.8 Å². The Morgan fingerprint density at radius 1 is 1.45 bits per heavy atom. The van der Waals surface area contributed by atoms with Crippen LogP contribution in [0.25, 0.3) is 6.08 Å². The summed E-state index contributed by atoms with van der Waals surface area (Å²) in [4.78, 5) is 22.0. The summed E-state index contributed by atoms with van der Waals surface area (Å²) in [6, 6.07) is 4.87. The molecule has 0 aliphatic carbocycles. The summed E-state index contributed by atoms with van der Waals surface area (Å²) < 4.78 is 5.75. The fraction of sp³-hybridized carbons (Fsp3) is 0.400. The molecule has 7 heteroatoms. The molecule has 0 heterocycles. The average molecular weight is 371 g/mol. The number of halogens is 1. The summed E-state index contributed by atoms with van der Waals surface area (Å²) in [6.45, 7) is 5.77. The number of nitro groups is 1. The van der Waals surface area contributed by atoms with Crippen LogP contribution in [-0.4, -0.2) is 23.2 Å². The van der Waals surface area contributed by atoms with Crippen molar-refractivity contribution in [3.8, 4) is 0 Å². The quantitative estimate of drug-likeness (QED) is 0.476. The first-order valence-corrected chi connectivity index (χ1v) is 7.55. The first kappa shape index (κ1) is 18.2. The third-order valence-electron chi connectivity index (χ3n) is 2.47. The summed E-state index contributed by atoms with van der Waals surface area (Å²) in [7, 11) is 0. The van der Waals surface area contributed by atoms with Gasteiger partial charge in [0.2, 0.25) is 0 Å². The van der Waals surface area contributed by atoms with Gasteiger partial charge in [0.05, 0.1) is 10.5 Å². The number of alkyl carbamates (subject to hydrolysis) is 1. The van der Waals surface area contributed by atoms with E-state index in [1.54, 1.807) is 45.1 Å². The number of amides is 1. The van der Waals surface area contributed by atoms with Crippen LogP contribution in [0.2, 0.25) is 0 Å². The van der Waals surface area contributed by atoms with Crippen molar-refractivity contribution in [1.82, 2.24) is 5.32 Å². The fourth-order valence-corrected chi connectivity index (χ4v) is 1.95. The Labute approximate surface area is 137 Å². The molecule has 0 unspecified atom stereocenters. The van der Waals surface area contributed by atoms with Gasteiger partial charge in [-0.05, 0) is 39.3 Å². The normalized spacial score (nSPS) is 11.5. The number of carbonyl (C=O) groups is 1. The Hall–Kier alpha value is -1.89. The van der Waals surface area contributed by atoms with Crippen molar-refractivity contribution in [2.24, 2.45) is 0 Å². The summed E-state index contributed by atoms with van der Waals surface area (Å²) in [5, 5.41) is 13.6. The second-order valence-electron chi connectivity index (χ2n) is 5.58. The number of rotatable bonds is 5. The molecular formula is C15H19BrN2O4. The van der Waals surface area contributed by atoms with Gasteiger partial charge in [-0.25, -0.2) is 4.79 Å². The zero-order chi connectivity index (χ0) is 16.8. The Bertz CT molecular complexity index is 579. The first-order valence-electron chi connectivity index (χ1n) is 6.76. The molecule has 1 N–H and O–H groups in total. The van der Waals surface area contributed by atoms with Gasteiger partial charge in [-0.1, -0.05) is 28.1 Å². The van der Waals surface area contributed by atoms with E-state index in [0.29, 0.717) is 23.0 Å². The number of ether oxygens (including phenoxy) is 1. The van der Waals surface area contributed by atoms with Gasteiger partial charge < -0.3 is 10.1 Å². The summed E-state index contributed by atoms with van der Waals surface area (Å²) in [5.41, 5.74) is 0.0222. The van der Waals surface area contributed by atoms with Crippen molar-refractivity contribution in [3.63, 3.8) is 0 Å². The van der Waals surface area contributed by atoms with Gasteiger partial charge in [0.1, 0.15) is 5.60 Å². The van der Waals surface area contributed by atoms with Crippen LogP contribution in [0.15, 0.2) is 28.7 Å². The van der Waals surface area contributed by atoms with Gasteiger partial charge in [0.25, 0.3) is 5.69 Å². The van der Waals surface area contributed by atoms with Crippen LogP contribution in [0, 0.1) is 10.1 Å². The zero-order valence-electron chi connectivity index (χ0n) is 12.8. The van der Waals surface area contributed by atoms with Gasteiger partial charge in [0, 0.05) is 17.1 Å². The lowest BCUT2D eigenvalue weighted by Gasteiger charge is -2.19. The smallest absolute Gasteiger partial charge is 0.407 e. The van der Waals surface area contributed by atoms with E-state index in [1.807, 2.05) is 0 Å². The predicted molar refractivity (Wildman–Crippen MR) is 88.7 cm³/mol. The number of carbonyl (C=O) groups excluding carboxylic acids is 1. The van der Waals surface area contributed by atoms with E-state index in [4.69, 9.17) is 4.74 Å². The van der Waals surface area contributed by atoms with Crippen LogP contribution >= 0.6 is 15.9 Å².